The molecule has 3 rings (SSSR count). The van der Waals surface area contributed by atoms with Gasteiger partial charge < -0.3 is 10.6 Å². The molecule has 0 radical (unpaired) electrons. The van der Waals surface area contributed by atoms with Crippen LogP contribution in [0.3, 0.4) is 0 Å². The van der Waals surface area contributed by atoms with E-state index in [1.54, 1.807) is 0 Å². The van der Waals surface area contributed by atoms with Crippen LogP contribution in [0.4, 0.5) is 24.5 Å². The number of hydrogen-bond donors (Lipinski definition) is 2. The number of alkyl halides is 3. The lowest BCUT2D eigenvalue weighted by atomic mass is 10.1. The number of halogens is 3. The van der Waals surface area contributed by atoms with Crippen molar-refractivity contribution in [1.82, 2.24) is 4.90 Å². The molecule has 0 bridgehead atoms. The minimum Gasteiger partial charge on any atom is -0.384 e. The van der Waals surface area contributed by atoms with E-state index in [0.29, 0.717) is 13.1 Å². The Kier molecular flexibility index (Phi) is 5.70. The van der Waals surface area contributed by atoms with Crippen LogP contribution in [0.25, 0.3) is 0 Å². The summed E-state index contributed by atoms with van der Waals surface area (Å²) in [6.45, 7) is 4.01. The van der Waals surface area contributed by atoms with Gasteiger partial charge in [0.15, 0.2) is 0 Å². The second-order valence-corrected chi connectivity index (χ2v) is 6.52. The summed E-state index contributed by atoms with van der Waals surface area (Å²) in [6.07, 6.45) is -3.53. The Bertz CT molecular complexity index is 820. The maximum Gasteiger partial charge on any atom is 0.418 e. The topological polar surface area (TPSA) is 44.4 Å². The van der Waals surface area contributed by atoms with Crippen LogP contribution in [-0.2, 0) is 23.9 Å². The van der Waals surface area contributed by atoms with Gasteiger partial charge in [-0.1, -0.05) is 37.3 Å². The van der Waals surface area contributed by atoms with Gasteiger partial charge in [0.1, 0.15) is 0 Å². The summed E-state index contributed by atoms with van der Waals surface area (Å²) in [5.74, 6) is -0.464. The second-order valence-electron chi connectivity index (χ2n) is 6.52. The highest BCUT2D eigenvalue weighted by atomic mass is 19.4. The normalized spacial score (nSPS) is 13.4. The van der Waals surface area contributed by atoms with Gasteiger partial charge in [0.2, 0.25) is 5.91 Å². The Morgan fingerprint density at radius 1 is 1.19 bits per heavy atom. The molecule has 2 aromatic rings. The van der Waals surface area contributed by atoms with Crippen LogP contribution < -0.4 is 10.6 Å². The minimum atomic E-state index is -4.51. The molecule has 2 aromatic carbocycles. The van der Waals surface area contributed by atoms with Crippen molar-refractivity contribution in [3.8, 4) is 0 Å². The first-order chi connectivity index (χ1) is 12.9. The van der Waals surface area contributed by atoms with Crippen molar-refractivity contribution in [3.05, 3.63) is 59.2 Å². The summed E-state index contributed by atoms with van der Waals surface area (Å²) >= 11 is 0. The minimum absolute atomic E-state index is 0.0202. The molecule has 0 unspecified atom stereocenters. The molecule has 7 heteroatoms. The van der Waals surface area contributed by atoms with Crippen LogP contribution in [0.2, 0.25) is 0 Å². The number of carbonyl (C=O) groups is 1. The number of nitrogens with one attached hydrogen (secondary N) is 2. The highest BCUT2D eigenvalue weighted by Crippen LogP contribution is 2.34. The van der Waals surface area contributed by atoms with Crippen LogP contribution in [-0.4, -0.2) is 30.4 Å². The summed E-state index contributed by atoms with van der Waals surface area (Å²) in [7, 11) is 0. The molecule has 2 N–H and O–H groups in total. The number of rotatable bonds is 6. The molecule has 0 atom stereocenters. The van der Waals surface area contributed by atoms with Gasteiger partial charge in [-0.3, -0.25) is 9.69 Å². The molecule has 0 aliphatic carbocycles. The van der Waals surface area contributed by atoms with Crippen molar-refractivity contribution in [2.75, 3.05) is 30.3 Å². The fraction of sp³-hybridized carbons (Fsp3) is 0.350. The largest absolute Gasteiger partial charge is 0.418 e. The number of nitrogens with zero attached hydrogens (tertiary/aromatic N) is 1. The highest BCUT2D eigenvalue weighted by molar-refractivity contribution is 5.93. The van der Waals surface area contributed by atoms with Gasteiger partial charge in [0.25, 0.3) is 0 Å². The first kappa shape index (κ1) is 19.2. The Hall–Kier alpha value is -2.54. The third-order valence-corrected chi connectivity index (χ3v) is 4.65. The van der Waals surface area contributed by atoms with Gasteiger partial charge in [-0.15, -0.1) is 0 Å². The Morgan fingerprint density at radius 3 is 2.70 bits per heavy atom. The van der Waals surface area contributed by atoms with Crippen molar-refractivity contribution in [1.29, 1.82) is 0 Å². The third kappa shape index (κ3) is 4.60. The van der Waals surface area contributed by atoms with Crippen molar-refractivity contribution in [2.45, 2.75) is 26.1 Å². The molecule has 1 heterocycles. The van der Waals surface area contributed by atoms with E-state index >= 15 is 0 Å². The zero-order valence-corrected chi connectivity index (χ0v) is 15.1. The van der Waals surface area contributed by atoms with E-state index in [9.17, 15) is 18.0 Å². The molecule has 0 aromatic heterocycles. The van der Waals surface area contributed by atoms with Gasteiger partial charge in [0, 0.05) is 18.8 Å². The predicted octanol–water partition coefficient (Wildman–Crippen LogP) is 4.13. The number of carbonyl (C=O) groups excluding carboxylic acids is 1. The highest BCUT2D eigenvalue weighted by Gasteiger charge is 2.33. The fourth-order valence-corrected chi connectivity index (χ4v) is 3.30. The first-order valence-corrected chi connectivity index (χ1v) is 8.91. The van der Waals surface area contributed by atoms with Gasteiger partial charge in [-0.05, 0) is 36.2 Å². The molecule has 1 aliphatic heterocycles. The molecular formula is C20H22F3N3O. The second kappa shape index (κ2) is 8.00. The van der Waals surface area contributed by atoms with Crippen molar-refractivity contribution >= 4 is 17.3 Å². The van der Waals surface area contributed by atoms with Crippen LogP contribution >= 0.6 is 0 Å². The Labute approximate surface area is 156 Å². The number of benzene rings is 2. The van der Waals surface area contributed by atoms with E-state index in [4.69, 9.17) is 0 Å². The average Bonchev–Trinajstić information content (AvgIpc) is 3.10. The quantitative estimate of drug-likeness (QED) is 0.796. The summed E-state index contributed by atoms with van der Waals surface area (Å²) in [4.78, 5) is 14.3. The van der Waals surface area contributed by atoms with Crippen LogP contribution in [0, 0.1) is 0 Å². The molecule has 0 saturated heterocycles. The van der Waals surface area contributed by atoms with Crippen LogP contribution in [0.15, 0.2) is 42.5 Å². The molecule has 144 valence electrons. The maximum absolute atomic E-state index is 13.1. The lowest BCUT2D eigenvalue weighted by molar-refractivity contribution is -0.137. The number of fused-ring (bicyclic) bond motifs is 1. The van der Waals surface area contributed by atoms with Crippen molar-refractivity contribution in [3.63, 3.8) is 0 Å². The van der Waals surface area contributed by atoms with Gasteiger partial charge >= 0.3 is 6.18 Å². The average molecular weight is 377 g/mol. The molecular weight excluding hydrogens is 355 g/mol. The monoisotopic (exact) mass is 377 g/mol. The number of hydrogen-bond acceptors (Lipinski definition) is 3. The lowest BCUT2D eigenvalue weighted by Gasteiger charge is -2.22. The number of amides is 1. The molecule has 27 heavy (non-hydrogen) atoms. The fourth-order valence-electron chi connectivity index (χ4n) is 3.30. The standard InChI is InChI=1S/C20H22F3N3O/c1-2-26(12-15-7-5-6-14-10-11-24-19(14)15)13-18(27)25-17-9-4-3-8-16(17)20(21,22)23/h3-9,24H,2,10-13H2,1H3,(H,25,27). The van der Waals surface area contributed by atoms with E-state index in [1.165, 1.54) is 23.8 Å². The summed E-state index contributed by atoms with van der Waals surface area (Å²) in [5, 5.41) is 5.77. The smallest absolute Gasteiger partial charge is 0.384 e. The van der Waals surface area contributed by atoms with Gasteiger partial charge in [-0.25, -0.2) is 0 Å². The first-order valence-electron chi connectivity index (χ1n) is 8.91. The third-order valence-electron chi connectivity index (χ3n) is 4.65. The maximum atomic E-state index is 13.1. The van der Waals surface area contributed by atoms with E-state index in [1.807, 2.05) is 24.0 Å². The lowest BCUT2D eigenvalue weighted by Crippen LogP contribution is -2.33. The van der Waals surface area contributed by atoms with Crippen LogP contribution in [0.5, 0.6) is 0 Å². The number of likely N-dealkylation sites (N-methyl/N-ethyl adjacent to an activating group) is 1. The zero-order valence-electron chi connectivity index (χ0n) is 15.1. The number of anilines is 2. The van der Waals surface area contributed by atoms with Crippen molar-refractivity contribution < 1.29 is 18.0 Å². The molecule has 0 saturated carbocycles. The molecule has 1 amide bonds. The molecule has 0 fully saturated rings. The van der Waals surface area contributed by atoms with E-state index < -0.39 is 17.6 Å². The summed E-state index contributed by atoms with van der Waals surface area (Å²) in [6, 6.07) is 11.1. The Balaban J connectivity index is 1.68. The molecule has 1 aliphatic rings. The molecule has 4 nitrogen and oxygen atoms in total. The van der Waals surface area contributed by atoms with Crippen molar-refractivity contribution in [2.24, 2.45) is 0 Å². The summed E-state index contributed by atoms with van der Waals surface area (Å²) in [5.41, 5.74) is 2.40. The van der Waals surface area contributed by atoms with E-state index in [-0.39, 0.29) is 12.2 Å². The Morgan fingerprint density at radius 2 is 1.96 bits per heavy atom. The van der Waals surface area contributed by atoms with Gasteiger partial charge in [0.05, 0.1) is 17.8 Å². The number of para-hydroxylation sites is 2. The summed E-state index contributed by atoms with van der Waals surface area (Å²) < 4.78 is 39.2. The van der Waals surface area contributed by atoms with E-state index in [0.717, 1.165) is 30.3 Å². The SMILES string of the molecule is CCN(CC(=O)Nc1ccccc1C(F)(F)F)Cc1cccc2c1NCC2. The predicted molar refractivity (Wildman–Crippen MR) is 99.7 cm³/mol. The van der Waals surface area contributed by atoms with Crippen LogP contribution in [0.1, 0.15) is 23.6 Å². The zero-order chi connectivity index (χ0) is 19.4. The molecule has 0 spiro atoms. The van der Waals surface area contributed by atoms with Gasteiger partial charge in [-0.2, -0.15) is 13.2 Å². The van der Waals surface area contributed by atoms with E-state index in [2.05, 4.69) is 16.7 Å².